The van der Waals surface area contributed by atoms with Gasteiger partial charge in [0.25, 0.3) is 0 Å². The lowest BCUT2D eigenvalue weighted by atomic mass is 9.68. The molecule has 19 heavy (non-hydrogen) atoms. The Bertz CT molecular complexity index is 473. The summed E-state index contributed by atoms with van der Waals surface area (Å²) in [5.74, 6) is 0. The van der Waals surface area contributed by atoms with Gasteiger partial charge < -0.3 is 4.90 Å². The van der Waals surface area contributed by atoms with Crippen LogP contribution in [0.25, 0.3) is 0 Å². The molecule has 1 aliphatic heterocycles. The van der Waals surface area contributed by atoms with Crippen molar-refractivity contribution in [3.05, 3.63) is 24.0 Å². The SMILES string of the molecule is N#Cc1ccncc1N1CCC2(CCCCC2)CC1. The highest BCUT2D eigenvalue weighted by Crippen LogP contribution is 2.45. The summed E-state index contributed by atoms with van der Waals surface area (Å²) >= 11 is 0. The largest absolute Gasteiger partial charge is 0.369 e. The van der Waals surface area contributed by atoms with Crippen LogP contribution in [-0.4, -0.2) is 18.1 Å². The van der Waals surface area contributed by atoms with Gasteiger partial charge in [-0.3, -0.25) is 4.98 Å². The topological polar surface area (TPSA) is 39.9 Å². The normalized spacial score (nSPS) is 22.2. The van der Waals surface area contributed by atoms with Gasteiger partial charge in [0, 0.05) is 19.3 Å². The lowest BCUT2D eigenvalue weighted by Crippen LogP contribution is -2.41. The molecule has 0 aromatic carbocycles. The Kier molecular flexibility index (Phi) is 3.42. The minimum absolute atomic E-state index is 0.615. The number of anilines is 1. The van der Waals surface area contributed by atoms with Gasteiger partial charge in [0.2, 0.25) is 0 Å². The molecule has 1 saturated carbocycles. The Hall–Kier alpha value is -1.56. The van der Waals surface area contributed by atoms with E-state index in [9.17, 15) is 5.26 Å². The van der Waals surface area contributed by atoms with E-state index in [2.05, 4.69) is 16.0 Å². The average molecular weight is 255 g/mol. The summed E-state index contributed by atoms with van der Waals surface area (Å²) < 4.78 is 0. The Morgan fingerprint density at radius 1 is 1.11 bits per heavy atom. The molecular formula is C16H21N3. The number of nitrogens with zero attached hydrogens (tertiary/aromatic N) is 3. The third-order valence-corrected chi connectivity index (χ3v) is 5.00. The molecule has 1 spiro atoms. The van der Waals surface area contributed by atoms with Crippen LogP contribution in [0.1, 0.15) is 50.5 Å². The van der Waals surface area contributed by atoms with Gasteiger partial charge in [-0.05, 0) is 37.2 Å². The Labute approximate surface area is 115 Å². The van der Waals surface area contributed by atoms with E-state index >= 15 is 0 Å². The maximum Gasteiger partial charge on any atom is 0.101 e. The molecule has 0 N–H and O–H groups in total. The lowest BCUT2D eigenvalue weighted by Gasteiger charge is -2.45. The van der Waals surface area contributed by atoms with Gasteiger partial charge >= 0.3 is 0 Å². The van der Waals surface area contributed by atoms with Gasteiger partial charge in [-0.2, -0.15) is 5.26 Å². The molecule has 3 rings (SSSR count). The molecular weight excluding hydrogens is 234 g/mol. The molecule has 1 aromatic heterocycles. The number of pyridine rings is 1. The average Bonchev–Trinajstić information content (AvgIpc) is 2.49. The van der Waals surface area contributed by atoms with Crippen LogP contribution >= 0.6 is 0 Å². The number of hydrogen-bond acceptors (Lipinski definition) is 3. The first kappa shape index (κ1) is 12.5. The third kappa shape index (κ3) is 2.45. The zero-order valence-corrected chi connectivity index (χ0v) is 11.4. The van der Waals surface area contributed by atoms with Crippen molar-refractivity contribution < 1.29 is 0 Å². The van der Waals surface area contributed by atoms with Crippen molar-refractivity contribution in [3.63, 3.8) is 0 Å². The van der Waals surface area contributed by atoms with Crippen molar-refractivity contribution in [2.45, 2.75) is 44.9 Å². The molecule has 1 aliphatic carbocycles. The van der Waals surface area contributed by atoms with Crippen molar-refractivity contribution >= 4 is 5.69 Å². The van der Waals surface area contributed by atoms with Crippen LogP contribution in [-0.2, 0) is 0 Å². The molecule has 3 nitrogen and oxygen atoms in total. The quantitative estimate of drug-likeness (QED) is 0.771. The van der Waals surface area contributed by atoms with E-state index in [1.54, 1.807) is 6.20 Å². The molecule has 2 heterocycles. The number of hydrogen-bond donors (Lipinski definition) is 0. The summed E-state index contributed by atoms with van der Waals surface area (Å²) in [6.07, 6.45) is 13.2. The van der Waals surface area contributed by atoms with Crippen LogP contribution in [0.3, 0.4) is 0 Å². The van der Waals surface area contributed by atoms with E-state index in [4.69, 9.17) is 0 Å². The van der Waals surface area contributed by atoms with Crippen molar-refractivity contribution in [3.8, 4) is 6.07 Å². The van der Waals surface area contributed by atoms with Crippen LogP contribution in [0.4, 0.5) is 5.69 Å². The predicted octanol–water partition coefficient (Wildman–Crippen LogP) is 3.50. The predicted molar refractivity (Wildman–Crippen MR) is 75.9 cm³/mol. The van der Waals surface area contributed by atoms with Crippen LogP contribution in [0.2, 0.25) is 0 Å². The van der Waals surface area contributed by atoms with Crippen molar-refractivity contribution in [2.75, 3.05) is 18.0 Å². The zero-order chi connectivity index (χ0) is 13.1. The monoisotopic (exact) mass is 255 g/mol. The fourth-order valence-electron chi connectivity index (χ4n) is 3.76. The first-order valence-electron chi connectivity index (χ1n) is 7.42. The summed E-state index contributed by atoms with van der Waals surface area (Å²) in [5, 5.41) is 9.19. The molecule has 0 radical (unpaired) electrons. The Balaban J connectivity index is 1.71. The van der Waals surface area contributed by atoms with Gasteiger partial charge in [-0.25, -0.2) is 0 Å². The number of aromatic nitrogens is 1. The number of nitriles is 1. The van der Waals surface area contributed by atoms with Gasteiger partial charge in [-0.1, -0.05) is 19.3 Å². The maximum atomic E-state index is 9.19. The molecule has 100 valence electrons. The number of rotatable bonds is 1. The summed E-state index contributed by atoms with van der Waals surface area (Å²) in [5.41, 5.74) is 2.40. The highest BCUT2D eigenvalue weighted by molar-refractivity contribution is 5.57. The second kappa shape index (κ2) is 5.21. The smallest absolute Gasteiger partial charge is 0.101 e. The minimum atomic E-state index is 0.615. The van der Waals surface area contributed by atoms with Crippen molar-refractivity contribution in [2.24, 2.45) is 5.41 Å². The molecule has 2 fully saturated rings. The van der Waals surface area contributed by atoms with Crippen molar-refractivity contribution in [1.82, 2.24) is 4.98 Å². The Morgan fingerprint density at radius 3 is 2.53 bits per heavy atom. The van der Waals surface area contributed by atoms with Gasteiger partial charge in [0.15, 0.2) is 0 Å². The summed E-state index contributed by atoms with van der Waals surface area (Å²) in [6.45, 7) is 2.17. The van der Waals surface area contributed by atoms with E-state index in [0.717, 1.165) is 24.3 Å². The standard InChI is InChI=1S/C16H21N3/c17-12-14-4-9-18-13-15(14)19-10-7-16(8-11-19)5-2-1-3-6-16/h4,9,13H,1-3,5-8,10-11H2. The Morgan fingerprint density at radius 2 is 1.84 bits per heavy atom. The molecule has 0 amide bonds. The van der Waals surface area contributed by atoms with Crippen LogP contribution in [0.15, 0.2) is 18.5 Å². The third-order valence-electron chi connectivity index (χ3n) is 5.00. The molecule has 0 bridgehead atoms. The van der Waals surface area contributed by atoms with Crippen LogP contribution in [0, 0.1) is 16.7 Å². The molecule has 3 heteroatoms. The zero-order valence-electron chi connectivity index (χ0n) is 11.4. The maximum absolute atomic E-state index is 9.19. The number of piperidine rings is 1. The second-order valence-electron chi connectivity index (χ2n) is 6.05. The fraction of sp³-hybridized carbons (Fsp3) is 0.625. The summed E-state index contributed by atoms with van der Waals surface area (Å²) in [6, 6.07) is 4.10. The summed E-state index contributed by atoms with van der Waals surface area (Å²) in [7, 11) is 0. The van der Waals surface area contributed by atoms with E-state index in [0.29, 0.717) is 5.41 Å². The first-order valence-corrected chi connectivity index (χ1v) is 7.42. The minimum Gasteiger partial charge on any atom is -0.369 e. The fourth-order valence-corrected chi connectivity index (χ4v) is 3.76. The highest BCUT2D eigenvalue weighted by atomic mass is 15.1. The molecule has 2 aliphatic rings. The van der Waals surface area contributed by atoms with E-state index in [1.807, 2.05) is 12.3 Å². The van der Waals surface area contributed by atoms with E-state index in [-0.39, 0.29) is 0 Å². The second-order valence-corrected chi connectivity index (χ2v) is 6.05. The van der Waals surface area contributed by atoms with Gasteiger partial charge in [0.1, 0.15) is 6.07 Å². The van der Waals surface area contributed by atoms with E-state index < -0.39 is 0 Å². The molecule has 1 aromatic rings. The van der Waals surface area contributed by atoms with Crippen molar-refractivity contribution in [1.29, 1.82) is 5.26 Å². The first-order chi connectivity index (χ1) is 9.33. The highest BCUT2D eigenvalue weighted by Gasteiger charge is 2.35. The molecule has 0 unspecified atom stereocenters. The molecule has 1 saturated heterocycles. The van der Waals surface area contributed by atoms with E-state index in [1.165, 1.54) is 44.9 Å². The lowest BCUT2D eigenvalue weighted by molar-refractivity contribution is 0.144. The summed E-state index contributed by atoms with van der Waals surface area (Å²) in [4.78, 5) is 6.53. The van der Waals surface area contributed by atoms with Crippen LogP contribution in [0.5, 0.6) is 0 Å². The van der Waals surface area contributed by atoms with Crippen LogP contribution < -0.4 is 4.90 Å². The van der Waals surface area contributed by atoms with Gasteiger partial charge in [-0.15, -0.1) is 0 Å². The van der Waals surface area contributed by atoms with Gasteiger partial charge in [0.05, 0.1) is 17.4 Å². The molecule has 0 atom stereocenters.